The lowest BCUT2D eigenvalue weighted by atomic mass is 10.0. The van der Waals surface area contributed by atoms with Crippen LogP contribution in [0.25, 0.3) is 77.5 Å². The van der Waals surface area contributed by atoms with Gasteiger partial charge in [0.25, 0.3) is 0 Å². The molecule has 0 unspecified atom stereocenters. The van der Waals surface area contributed by atoms with Gasteiger partial charge in [0.05, 0.1) is 85.1 Å². The minimum atomic E-state index is -0.750. The SMILES string of the molecule is Cc1ccccc1-c1c(F)c2c3cnn(-c4ccccc4)c3ccc2n1Cc1c(F)cc(CCCCCCF)cc1F.Cc1ccccc1-c1nc2ccc3c(c[nH]n3-c3ccccc3)c2c1F.O=S=O.O=S=O.OCc1c(F)cc(CCCCCCF)cc1F.OCc1c(F)cc(CCCCCCF)cc1F. The van der Waals surface area contributed by atoms with Crippen LogP contribution < -0.4 is 0 Å². The molecule has 0 saturated carbocycles. The lowest BCUT2D eigenvalue weighted by Crippen LogP contribution is -2.08. The molecule has 568 valence electrons. The third-order valence-corrected chi connectivity index (χ3v) is 18.3. The summed E-state index contributed by atoms with van der Waals surface area (Å²) in [5.74, 6) is -4.85. The lowest BCUT2D eigenvalue weighted by Gasteiger charge is -2.15. The minimum Gasteiger partial charge on any atom is -0.391 e. The number of alkyl halides is 3. The van der Waals surface area contributed by atoms with E-state index in [0.717, 1.165) is 102 Å². The van der Waals surface area contributed by atoms with Gasteiger partial charge >= 0.3 is 23.1 Å². The van der Waals surface area contributed by atoms with Crippen molar-refractivity contribution in [1.82, 2.24) is 29.1 Å². The summed E-state index contributed by atoms with van der Waals surface area (Å²) in [4.78, 5) is 4.58. The first-order valence-electron chi connectivity index (χ1n) is 35.1. The van der Waals surface area contributed by atoms with Crippen LogP contribution in [0.5, 0.6) is 0 Å². The maximum Gasteiger partial charge on any atom is 0.335 e. The highest BCUT2D eigenvalue weighted by Gasteiger charge is 2.26. The first-order valence-corrected chi connectivity index (χ1v) is 36.5. The topological polar surface area (TPSA) is 165 Å². The third kappa shape index (κ3) is 21.3. The Labute approximate surface area is 625 Å². The Kier molecular flexibility index (Phi) is 32.7. The van der Waals surface area contributed by atoms with Crippen LogP contribution in [0.3, 0.4) is 0 Å². The average Bonchev–Trinajstić information content (AvgIpc) is 1.56. The Morgan fingerprint density at radius 1 is 0.426 bits per heavy atom. The number of aromatic nitrogens is 6. The largest absolute Gasteiger partial charge is 0.391 e. The highest BCUT2D eigenvalue weighted by molar-refractivity contribution is 7.52. The molecule has 0 bridgehead atoms. The van der Waals surface area contributed by atoms with Crippen LogP contribution >= 0.6 is 0 Å². The van der Waals surface area contributed by atoms with Crippen molar-refractivity contribution < 1.29 is 75.3 Å². The number of halogens is 11. The molecule has 12 nitrogen and oxygen atoms in total. The summed E-state index contributed by atoms with van der Waals surface area (Å²) < 4.78 is 191. The first kappa shape index (κ1) is 83.4. The molecule has 0 atom stereocenters. The zero-order valence-corrected chi connectivity index (χ0v) is 61.0. The van der Waals surface area contributed by atoms with Gasteiger partial charge in [-0.2, -0.15) is 21.9 Å². The second-order valence-electron chi connectivity index (χ2n) is 25.4. The molecule has 13 rings (SSSR count). The minimum absolute atomic E-state index is 0.122. The summed E-state index contributed by atoms with van der Waals surface area (Å²) in [6, 6.07) is 50.0. The maximum atomic E-state index is 16.6. The van der Waals surface area contributed by atoms with Gasteiger partial charge in [-0.05, 0) is 184 Å². The van der Waals surface area contributed by atoms with Crippen LogP contribution in [0, 0.1) is 60.4 Å². The van der Waals surface area contributed by atoms with Gasteiger partial charge in [-0.25, -0.2) is 44.8 Å². The van der Waals surface area contributed by atoms with E-state index >= 15 is 17.6 Å². The fourth-order valence-electron chi connectivity index (χ4n) is 12.8. The predicted octanol–water partition coefficient (Wildman–Crippen LogP) is 20.8. The van der Waals surface area contributed by atoms with Crippen molar-refractivity contribution in [3.05, 3.63) is 273 Å². The molecule has 0 aliphatic rings. The Hall–Kier alpha value is -10.2. The molecule has 0 radical (unpaired) electrons. The summed E-state index contributed by atoms with van der Waals surface area (Å²) in [6.07, 6.45) is 13.9. The fraction of sp³-hybridized carbons (Fsp3) is 0.277. The Balaban J connectivity index is 0.000000190. The molecule has 0 amide bonds. The number of aliphatic hydroxyl groups excluding tert-OH is 2. The molecule has 4 heterocycles. The van der Waals surface area contributed by atoms with E-state index in [0.29, 0.717) is 93.7 Å². The van der Waals surface area contributed by atoms with E-state index < -0.39 is 77.1 Å². The summed E-state index contributed by atoms with van der Waals surface area (Å²) >= 11 is -1.50. The average molecular weight is 1530 g/mol. The number of hydrogen-bond acceptors (Lipinski definition) is 8. The monoisotopic (exact) mass is 1530 g/mol. The standard InChI is InChI=1S/C35H31F4N3.C22H16FN3.2C13H17F3O.2O2S/c1-23-11-8-9-15-26(23)35-34(39)33-27-21-40-42(25-13-6-4-7-14-25)31(27)16-17-32(33)41(35)22-28-29(37)19-24(20-30(28)38)12-5-2-3-10-18-36;1-14-7-5-6-10-16(14)22-21(23)20-17-13-24-26(15-8-3-2-4-9-15)19(17)12-11-18(20)25-22;2*14-6-4-2-1-3-5-10-7-12(15)11(9-17)13(16)8-10;2*1-3-2/h4,6-9,11,13-17,19-21H,2-3,5,10,12,18,22H2,1H3;2-13,24H,1H3;2*7-8,17H,1-6,9H2;;. The second-order valence-corrected chi connectivity index (χ2v) is 25.7. The van der Waals surface area contributed by atoms with E-state index in [-0.39, 0.29) is 54.8 Å². The van der Waals surface area contributed by atoms with Crippen LogP contribution in [0.15, 0.2) is 182 Å². The van der Waals surface area contributed by atoms with Crippen molar-refractivity contribution in [1.29, 1.82) is 0 Å². The summed E-state index contributed by atoms with van der Waals surface area (Å²) in [7, 11) is 0. The van der Waals surface area contributed by atoms with Crippen molar-refractivity contribution in [3.8, 4) is 33.9 Å². The van der Waals surface area contributed by atoms with Gasteiger partial charge in [0.1, 0.15) is 40.6 Å². The molecular weight excluding hydrogens is 1450 g/mol. The van der Waals surface area contributed by atoms with Gasteiger partial charge in [0.15, 0.2) is 11.6 Å². The lowest BCUT2D eigenvalue weighted by molar-refractivity contribution is 0.268. The molecule has 0 aliphatic carbocycles. The van der Waals surface area contributed by atoms with E-state index in [9.17, 15) is 30.7 Å². The Bertz CT molecular complexity index is 5010. The second kappa shape index (κ2) is 42.4. The number of aliphatic hydroxyl groups is 2. The van der Waals surface area contributed by atoms with Crippen LogP contribution in [-0.4, -0.2) is 76.2 Å². The van der Waals surface area contributed by atoms with Gasteiger partial charge in [0, 0.05) is 55.6 Å². The molecule has 108 heavy (non-hydrogen) atoms. The zero-order valence-electron chi connectivity index (χ0n) is 59.4. The zero-order chi connectivity index (χ0) is 77.7. The third-order valence-electron chi connectivity index (χ3n) is 18.3. The number of aromatic amines is 1. The van der Waals surface area contributed by atoms with E-state index in [1.807, 2.05) is 152 Å². The number of H-pyrrole nitrogens is 1. The van der Waals surface area contributed by atoms with Gasteiger partial charge in [-0.15, -0.1) is 0 Å². The molecule has 25 heteroatoms. The van der Waals surface area contributed by atoms with Crippen LogP contribution in [0.1, 0.15) is 122 Å². The quantitative estimate of drug-likeness (QED) is 0.0356. The van der Waals surface area contributed by atoms with E-state index in [1.165, 1.54) is 36.4 Å². The van der Waals surface area contributed by atoms with E-state index in [4.69, 9.17) is 27.0 Å². The maximum absolute atomic E-state index is 16.6. The molecule has 3 N–H and O–H groups in total. The molecule has 4 aromatic heterocycles. The van der Waals surface area contributed by atoms with Gasteiger partial charge in [0.2, 0.25) is 0 Å². The van der Waals surface area contributed by atoms with E-state index in [1.54, 1.807) is 21.5 Å². The number of fused-ring (bicyclic) bond motifs is 6. The number of aryl methyl sites for hydroxylation is 5. The number of nitrogens with zero attached hydrogens (tertiary/aromatic N) is 5. The number of unbranched alkanes of at least 4 members (excludes halogenated alkanes) is 9. The summed E-state index contributed by atoms with van der Waals surface area (Å²) in [6.45, 7) is 1.45. The fourth-order valence-corrected chi connectivity index (χ4v) is 12.8. The molecule has 0 saturated heterocycles. The Morgan fingerprint density at radius 2 is 0.833 bits per heavy atom. The number of para-hydroxylation sites is 2. The molecule has 0 fully saturated rings. The number of rotatable bonds is 26. The number of hydrogen-bond donors (Lipinski definition) is 3. The van der Waals surface area contributed by atoms with Gasteiger partial charge < -0.3 is 19.9 Å². The molecule has 9 aromatic carbocycles. The summed E-state index contributed by atoms with van der Waals surface area (Å²) in [5, 5.41) is 27.6. The van der Waals surface area contributed by atoms with Crippen molar-refractivity contribution in [2.75, 3.05) is 20.0 Å². The summed E-state index contributed by atoms with van der Waals surface area (Å²) in [5.41, 5.74) is 9.77. The van der Waals surface area contributed by atoms with E-state index in [2.05, 4.69) is 15.2 Å². The molecule has 13 aromatic rings. The van der Waals surface area contributed by atoms with Crippen LogP contribution in [-0.2, 0) is 62.2 Å². The first-order chi connectivity index (χ1) is 52.4. The number of nitrogens with one attached hydrogen (secondary N) is 1. The Morgan fingerprint density at radius 3 is 1.29 bits per heavy atom. The van der Waals surface area contributed by atoms with Crippen LogP contribution in [0.2, 0.25) is 0 Å². The molecule has 0 aliphatic heterocycles. The van der Waals surface area contributed by atoms with Gasteiger partial charge in [-0.1, -0.05) is 123 Å². The van der Waals surface area contributed by atoms with Crippen molar-refractivity contribution in [3.63, 3.8) is 0 Å². The normalized spacial score (nSPS) is 10.9. The molecule has 0 spiro atoms. The van der Waals surface area contributed by atoms with Crippen molar-refractivity contribution in [2.45, 2.75) is 130 Å². The van der Waals surface area contributed by atoms with Crippen LogP contribution in [0.4, 0.5) is 48.3 Å². The number of benzene rings is 9. The van der Waals surface area contributed by atoms with Crippen molar-refractivity contribution in [2.24, 2.45) is 0 Å². The highest BCUT2D eigenvalue weighted by atomic mass is 32.1. The van der Waals surface area contributed by atoms with Crippen molar-refractivity contribution >= 4 is 66.8 Å². The van der Waals surface area contributed by atoms with Gasteiger partial charge in [-0.3, -0.25) is 17.9 Å². The molecular formula is C83H81F11N6O6S2. The predicted molar refractivity (Wildman–Crippen MR) is 402 cm³/mol. The smallest absolute Gasteiger partial charge is 0.335 e. The highest BCUT2D eigenvalue weighted by Crippen LogP contribution is 2.40.